The molecule has 0 amide bonds. The van der Waals surface area contributed by atoms with E-state index in [-0.39, 0.29) is 11.9 Å². The van der Waals surface area contributed by atoms with Crippen LogP contribution < -0.4 is 0 Å². The lowest BCUT2D eigenvalue weighted by molar-refractivity contribution is -0.146. The number of ether oxygens (including phenoxy) is 2. The standard InChI is InChI=1S/C8H12O3/c1-10-8(9)5-2-3-6-7(4-5)11-6/h5-7H,2-4H2,1H3/t5-,6-,7+/m0/s1. The molecule has 0 aromatic rings. The Balaban J connectivity index is 1.89. The van der Waals surface area contributed by atoms with Crippen molar-refractivity contribution < 1.29 is 14.3 Å². The fraction of sp³-hybridized carbons (Fsp3) is 0.875. The maximum atomic E-state index is 11.1. The topological polar surface area (TPSA) is 38.8 Å². The first-order chi connectivity index (χ1) is 5.31. The summed E-state index contributed by atoms with van der Waals surface area (Å²) in [4.78, 5) is 11.1. The summed E-state index contributed by atoms with van der Waals surface area (Å²) in [6, 6.07) is 0. The lowest BCUT2D eigenvalue weighted by atomic mass is 9.89. The van der Waals surface area contributed by atoms with Gasteiger partial charge >= 0.3 is 5.97 Å². The average Bonchev–Trinajstić information content (AvgIpc) is 2.80. The third kappa shape index (κ3) is 1.25. The first-order valence-corrected chi connectivity index (χ1v) is 4.04. The van der Waals surface area contributed by atoms with E-state index in [2.05, 4.69) is 4.74 Å². The summed E-state index contributed by atoms with van der Waals surface area (Å²) < 4.78 is 9.96. The van der Waals surface area contributed by atoms with Crippen LogP contribution in [0.5, 0.6) is 0 Å². The van der Waals surface area contributed by atoms with Gasteiger partial charge in [0, 0.05) is 0 Å². The van der Waals surface area contributed by atoms with Gasteiger partial charge < -0.3 is 9.47 Å². The van der Waals surface area contributed by atoms with Gasteiger partial charge in [0.2, 0.25) is 0 Å². The number of epoxide rings is 1. The number of methoxy groups -OCH3 is 1. The van der Waals surface area contributed by atoms with E-state index in [1.54, 1.807) is 0 Å². The minimum Gasteiger partial charge on any atom is -0.469 e. The molecule has 2 fully saturated rings. The first-order valence-electron chi connectivity index (χ1n) is 4.04. The van der Waals surface area contributed by atoms with Gasteiger partial charge in [-0.2, -0.15) is 0 Å². The fourth-order valence-corrected chi connectivity index (χ4v) is 1.78. The van der Waals surface area contributed by atoms with Crippen LogP contribution in [-0.2, 0) is 14.3 Å². The second kappa shape index (κ2) is 2.48. The van der Waals surface area contributed by atoms with Gasteiger partial charge in [0.05, 0.1) is 25.2 Å². The van der Waals surface area contributed by atoms with Gasteiger partial charge in [-0.05, 0) is 19.3 Å². The monoisotopic (exact) mass is 156 g/mol. The van der Waals surface area contributed by atoms with Gasteiger partial charge in [0.1, 0.15) is 0 Å². The minimum absolute atomic E-state index is 0.0704. The highest BCUT2D eigenvalue weighted by atomic mass is 16.6. The highest BCUT2D eigenvalue weighted by molar-refractivity contribution is 5.72. The van der Waals surface area contributed by atoms with E-state index in [1.807, 2.05) is 0 Å². The van der Waals surface area contributed by atoms with Crippen LogP contribution in [0.1, 0.15) is 19.3 Å². The summed E-state index contributed by atoms with van der Waals surface area (Å²) in [7, 11) is 1.45. The number of esters is 1. The zero-order chi connectivity index (χ0) is 7.84. The number of carbonyl (C=O) groups excluding carboxylic acids is 1. The number of hydrogen-bond donors (Lipinski definition) is 0. The van der Waals surface area contributed by atoms with E-state index in [9.17, 15) is 4.79 Å². The lowest BCUT2D eigenvalue weighted by Gasteiger charge is -2.15. The Morgan fingerprint density at radius 3 is 2.91 bits per heavy atom. The molecule has 0 aromatic carbocycles. The molecule has 2 rings (SSSR count). The summed E-state index contributed by atoms with van der Waals surface area (Å²) in [5.74, 6) is 0.0303. The Kier molecular flexibility index (Phi) is 1.60. The molecule has 2 aliphatic rings. The van der Waals surface area contributed by atoms with E-state index in [0.717, 1.165) is 19.3 Å². The van der Waals surface area contributed by atoms with Crippen LogP contribution in [0.4, 0.5) is 0 Å². The third-order valence-corrected chi connectivity index (χ3v) is 2.54. The highest BCUT2D eigenvalue weighted by Gasteiger charge is 2.45. The minimum atomic E-state index is -0.0704. The molecule has 62 valence electrons. The molecule has 0 bridgehead atoms. The molecule has 1 aliphatic heterocycles. The molecule has 0 spiro atoms. The zero-order valence-electron chi connectivity index (χ0n) is 6.58. The van der Waals surface area contributed by atoms with Crippen LogP contribution in [0.25, 0.3) is 0 Å². The van der Waals surface area contributed by atoms with Gasteiger partial charge in [-0.25, -0.2) is 0 Å². The van der Waals surface area contributed by atoms with Crippen LogP contribution >= 0.6 is 0 Å². The smallest absolute Gasteiger partial charge is 0.308 e. The van der Waals surface area contributed by atoms with Crippen LogP contribution in [0.3, 0.4) is 0 Å². The molecule has 11 heavy (non-hydrogen) atoms. The quantitative estimate of drug-likeness (QED) is 0.415. The number of rotatable bonds is 1. The van der Waals surface area contributed by atoms with Crippen molar-refractivity contribution in [2.24, 2.45) is 5.92 Å². The van der Waals surface area contributed by atoms with Gasteiger partial charge in [-0.1, -0.05) is 0 Å². The maximum Gasteiger partial charge on any atom is 0.308 e. The lowest BCUT2D eigenvalue weighted by Crippen LogP contribution is -2.22. The second-order valence-corrected chi connectivity index (χ2v) is 3.25. The van der Waals surface area contributed by atoms with Gasteiger partial charge in [0.15, 0.2) is 0 Å². The summed E-state index contributed by atoms with van der Waals surface area (Å²) in [5, 5.41) is 0. The van der Waals surface area contributed by atoms with Crippen molar-refractivity contribution in [3.63, 3.8) is 0 Å². The van der Waals surface area contributed by atoms with E-state index < -0.39 is 0 Å². The highest BCUT2D eigenvalue weighted by Crippen LogP contribution is 2.39. The Bertz CT molecular complexity index is 178. The Labute approximate surface area is 65.7 Å². The van der Waals surface area contributed by atoms with Crippen LogP contribution in [0, 0.1) is 5.92 Å². The van der Waals surface area contributed by atoms with Crippen LogP contribution in [0.15, 0.2) is 0 Å². The van der Waals surface area contributed by atoms with Crippen LogP contribution in [0.2, 0.25) is 0 Å². The molecule has 0 N–H and O–H groups in total. The molecule has 0 aromatic heterocycles. The molecule has 3 atom stereocenters. The normalized spacial score (nSPS) is 41.0. The molecule has 1 saturated heterocycles. The van der Waals surface area contributed by atoms with E-state index in [0.29, 0.717) is 12.2 Å². The molecule has 3 heteroatoms. The third-order valence-electron chi connectivity index (χ3n) is 2.54. The van der Waals surface area contributed by atoms with Crippen molar-refractivity contribution in [3.8, 4) is 0 Å². The molecule has 1 heterocycles. The predicted molar refractivity (Wildman–Crippen MR) is 38.0 cm³/mol. The van der Waals surface area contributed by atoms with E-state index >= 15 is 0 Å². The number of hydrogen-bond acceptors (Lipinski definition) is 3. The van der Waals surface area contributed by atoms with Crippen molar-refractivity contribution in [1.82, 2.24) is 0 Å². The Morgan fingerprint density at radius 1 is 1.45 bits per heavy atom. The SMILES string of the molecule is COC(=O)[C@H]1CC[C@@H]2O[C@@H]2C1. The fourth-order valence-electron chi connectivity index (χ4n) is 1.78. The van der Waals surface area contributed by atoms with Gasteiger partial charge in [0.25, 0.3) is 0 Å². The van der Waals surface area contributed by atoms with Crippen molar-refractivity contribution in [2.45, 2.75) is 31.5 Å². The van der Waals surface area contributed by atoms with E-state index in [1.165, 1.54) is 7.11 Å². The maximum absolute atomic E-state index is 11.1. The van der Waals surface area contributed by atoms with Gasteiger partial charge in [-0.3, -0.25) is 4.79 Å². The summed E-state index contributed by atoms with van der Waals surface area (Å²) >= 11 is 0. The summed E-state index contributed by atoms with van der Waals surface area (Å²) in [5.41, 5.74) is 0. The van der Waals surface area contributed by atoms with Gasteiger partial charge in [-0.15, -0.1) is 0 Å². The zero-order valence-corrected chi connectivity index (χ0v) is 6.58. The number of carbonyl (C=O) groups is 1. The van der Waals surface area contributed by atoms with E-state index in [4.69, 9.17) is 4.74 Å². The van der Waals surface area contributed by atoms with Crippen molar-refractivity contribution >= 4 is 5.97 Å². The predicted octanol–water partition coefficient (Wildman–Crippen LogP) is 0.727. The van der Waals surface area contributed by atoms with Crippen molar-refractivity contribution in [3.05, 3.63) is 0 Å². The Morgan fingerprint density at radius 2 is 2.27 bits per heavy atom. The molecular weight excluding hydrogens is 144 g/mol. The molecule has 0 unspecified atom stereocenters. The Hall–Kier alpha value is -0.570. The molecular formula is C8H12O3. The second-order valence-electron chi connectivity index (χ2n) is 3.25. The first kappa shape index (κ1) is 7.10. The molecule has 0 radical (unpaired) electrons. The average molecular weight is 156 g/mol. The van der Waals surface area contributed by atoms with Crippen molar-refractivity contribution in [1.29, 1.82) is 0 Å². The summed E-state index contributed by atoms with van der Waals surface area (Å²) in [6.45, 7) is 0. The molecule has 1 aliphatic carbocycles. The largest absolute Gasteiger partial charge is 0.469 e. The molecule has 1 saturated carbocycles. The van der Waals surface area contributed by atoms with Crippen molar-refractivity contribution in [2.75, 3.05) is 7.11 Å². The van der Waals surface area contributed by atoms with Crippen LogP contribution in [-0.4, -0.2) is 25.3 Å². The molecule has 3 nitrogen and oxygen atoms in total. The summed E-state index contributed by atoms with van der Waals surface area (Å²) in [6.07, 6.45) is 3.68. The number of fused-ring (bicyclic) bond motifs is 1.